The Labute approximate surface area is 120 Å². The molecule has 0 atom stereocenters. The van der Waals surface area contributed by atoms with Crippen molar-refractivity contribution in [3.63, 3.8) is 0 Å². The summed E-state index contributed by atoms with van der Waals surface area (Å²) in [5.41, 5.74) is 2.44. The molecule has 0 saturated carbocycles. The van der Waals surface area contributed by atoms with Crippen LogP contribution in [0.2, 0.25) is 0 Å². The average Bonchev–Trinajstić information content (AvgIpc) is 2.59. The topological polar surface area (TPSA) is 49.6 Å². The van der Waals surface area contributed by atoms with E-state index < -0.39 is 0 Å². The van der Waals surface area contributed by atoms with Gasteiger partial charge in [-0.05, 0) is 31.0 Å². The van der Waals surface area contributed by atoms with E-state index in [2.05, 4.69) is 23.6 Å². The molecule has 5 heteroatoms. The molecule has 0 fully saturated rings. The molecule has 0 unspecified atom stereocenters. The maximum Gasteiger partial charge on any atom is 0.269 e. The highest BCUT2D eigenvalue weighted by Crippen LogP contribution is 2.29. The van der Waals surface area contributed by atoms with E-state index in [1.807, 2.05) is 6.07 Å². The highest BCUT2D eigenvalue weighted by Gasteiger charge is 2.21. The number of hydrogen-bond donors (Lipinski definition) is 0. The molecule has 1 heterocycles. The second-order valence-electron chi connectivity index (χ2n) is 5.33. The van der Waals surface area contributed by atoms with E-state index in [1.165, 1.54) is 0 Å². The monoisotopic (exact) mass is 277 g/mol. The van der Waals surface area contributed by atoms with Gasteiger partial charge in [-0.2, -0.15) is 0 Å². The predicted molar refractivity (Wildman–Crippen MR) is 81.2 cm³/mol. The van der Waals surface area contributed by atoms with E-state index in [9.17, 15) is 10.1 Å². The molecule has 20 heavy (non-hydrogen) atoms. The lowest BCUT2D eigenvalue weighted by atomic mass is 10.1. The van der Waals surface area contributed by atoms with Gasteiger partial charge in [0, 0.05) is 44.0 Å². The molecule has 0 amide bonds. The third kappa shape index (κ3) is 3.28. The quantitative estimate of drug-likeness (QED) is 0.613. The molecule has 0 bridgehead atoms. The minimum absolute atomic E-state index is 0.193. The van der Waals surface area contributed by atoms with Gasteiger partial charge in [0.05, 0.1) is 4.92 Å². The summed E-state index contributed by atoms with van der Waals surface area (Å²) >= 11 is 0. The maximum absolute atomic E-state index is 11.0. The van der Waals surface area contributed by atoms with Crippen molar-refractivity contribution in [3.8, 4) is 0 Å². The van der Waals surface area contributed by atoms with Gasteiger partial charge in [-0.25, -0.2) is 0 Å². The number of nitrogens with zero attached hydrogens (tertiary/aromatic N) is 3. The molecule has 1 aliphatic heterocycles. The summed E-state index contributed by atoms with van der Waals surface area (Å²) in [6.45, 7) is 9.22. The minimum atomic E-state index is -0.306. The van der Waals surface area contributed by atoms with Crippen LogP contribution in [0.1, 0.15) is 32.3 Å². The molecular weight excluding hydrogens is 254 g/mol. The highest BCUT2D eigenvalue weighted by atomic mass is 16.6. The van der Waals surface area contributed by atoms with Crippen molar-refractivity contribution in [1.82, 2.24) is 4.90 Å². The molecule has 0 saturated heterocycles. The van der Waals surface area contributed by atoms with Crippen molar-refractivity contribution in [2.24, 2.45) is 0 Å². The minimum Gasteiger partial charge on any atom is -0.370 e. The Morgan fingerprint density at radius 2 is 1.95 bits per heavy atom. The second-order valence-corrected chi connectivity index (χ2v) is 5.33. The van der Waals surface area contributed by atoms with Gasteiger partial charge in [-0.3, -0.25) is 15.0 Å². The van der Waals surface area contributed by atoms with Crippen LogP contribution in [0, 0.1) is 10.1 Å². The SMILES string of the molecule is CCCN1CCN(CCC)c2ccc([N+](=O)[O-])cc2C1. The van der Waals surface area contributed by atoms with Crippen LogP contribution in [-0.2, 0) is 6.54 Å². The summed E-state index contributed by atoms with van der Waals surface area (Å²) < 4.78 is 0. The van der Waals surface area contributed by atoms with E-state index in [4.69, 9.17) is 0 Å². The molecule has 0 aliphatic carbocycles. The molecule has 1 aliphatic rings. The van der Waals surface area contributed by atoms with Crippen LogP contribution in [0.3, 0.4) is 0 Å². The third-order valence-corrected chi connectivity index (χ3v) is 3.73. The molecule has 1 aromatic carbocycles. The highest BCUT2D eigenvalue weighted by molar-refractivity contribution is 5.58. The number of rotatable bonds is 5. The molecule has 0 spiro atoms. The van der Waals surface area contributed by atoms with Crippen molar-refractivity contribution < 1.29 is 4.92 Å². The number of hydrogen-bond acceptors (Lipinski definition) is 4. The second kappa shape index (κ2) is 6.70. The predicted octanol–water partition coefficient (Wildman–Crippen LogP) is 3.04. The number of nitro benzene ring substituents is 1. The smallest absolute Gasteiger partial charge is 0.269 e. The molecule has 5 nitrogen and oxygen atoms in total. The zero-order valence-electron chi connectivity index (χ0n) is 12.3. The lowest BCUT2D eigenvalue weighted by Crippen LogP contribution is -2.32. The fourth-order valence-corrected chi connectivity index (χ4v) is 2.83. The van der Waals surface area contributed by atoms with Crippen molar-refractivity contribution in [2.45, 2.75) is 33.2 Å². The van der Waals surface area contributed by atoms with Gasteiger partial charge in [0.15, 0.2) is 0 Å². The average molecular weight is 277 g/mol. The Bertz CT molecular complexity index is 476. The number of fused-ring (bicyclic) bond motifs is 1. The Balaban J connectivity index is 2.33. The largest absolute Gasteiger partial charge is 0.370 e. The summed E-state index contributed by atoms with van der Waals surface area (Å²) in [5, 5.41) is 11.0. The Hall–Kier alpha value is -1.62. The Morgan fingerprint density at radius 1 is 1.20 bits per heavy atom. The van der Waals surface area contributed by atoms with Gasteiger partial charge in [-0.15, -0.1) is 0 Å². The van der Waals surface area contributed by atoms with E-state index in [1.54, 1.807) is 12.1 Å². The fourth-order valence-electron chi connectivity index (χ4n) is 2.83. The molecule has 110 valence electrons. The van der Waals surface area contributed by atoms with Crippen molar-refractivity contribution in [3.05, 3.63) is 33.9 Å². The summed E-state index contributed by atoms with van der Waals surface area (Å²) in [7, 11) is 0. The van der Waals surface area contributed by atoms with Crippen molar-refractivity contribution in [2.75, 3.05) is 31.1 Å². The van der Waals surface area contributed by atoms with E-state index in [0.717, 1.165) is 56.8 Å². The van der Waals surface area contributed by atoms with Crippen molar-refractivity contribution >= 4 is 11.4 Å². The molecular formula is C15H23N3O2. The lowest BCUT2D eigenvalue weighted by Gasteiger charge is -2.24. The van der Waals surface area contributed by atoms with Crippen LogP contribution in [0.25, 0.3) is 0 Å². The standard InChI is InChI=1S/C15H23N3O2/c1-3-7-16-9-10-17(8-4-2)15-6-5-14(18(19)20)11-13(15)12-16/h5-6,11H,3-4,7-10,12H2,1-2H3. The van der Waals surface area contributed by atoms with Crippen LogP contribution in [0.5, 0.6) is 0 Å². The zero-order valence-corrected chi connectivity index (χ0v) is 12.3. The lowest BCUT2D eigenvalue weighted by molar-refractivity contribution is -0.384. The molecule has 0 radical (unpaired) electrons. The van der Waals surface area contributed by atoms with E-state index in [-0.39, 0.29) is 10.6 Å². The van der Waals surface area contributed by atoms with Crippen LogP contribution < -0.4 is 4.90 Å². The number of anilines is 1. The van der Waals surface area contributed by atoms with Crippen LogP contribution in [-0.4, -0.2) is 36.0 Å². The first kappa shape index (κ1) is 14.8. The summed E-state index contributed by atoms with van der Waals surface area (Å²) in [4.78, 5) is 15.4. The summed E-state index contributed by atoms with van der Waals surface area (Å²) in [6, 6.07) is 5.28. The Morgan fingerprint density at radius 3 is 2.60 bits per heavy atom. The normalized spacial score (nSPS) is 15.8. The van der Waals surface area contributed by atoms with Crippen molar-refractivity contribution in [1.29, 1.82) is 0 Å². The first-order valence-electron chi connectivity index (χ1n) is 7.40. The zero-order chi connectivity index (χ0) is 14.5. The maximum atomic E-state index is 11.0. The number of nitro groups is 1. The molecule has 1 aromatic rings. The summed E-state index contributed by atoms with van der Waals surface area (Å²) in [6.07, 6.45) is 2.20. The molecule has 0 N–H and O–H groups in total. The number of benzene rings is 1. The van der Waals surface area contributed by atoms with Gasteiger partial charge in [0.25, 0.3) is 5.69 Å². The molecule has 2 rings (SSSR count). The van der Waals surface area contributed by atoms with Gasteiger partial charge >= 0.3 is 0 Å². The number of non-ortho nitro benzene ring substituents is 1. The third-order valence-electron chi connectivity index (χ3n) is 3.73. The van der Waals surface area contributed by atoms with Crippen LogP contribution >= 0.6 is 0 Å². The first-order chi connectivity index (χ1) is 9.65. The van der Waals surface area contributed by atoms with E-state index in [0.29, 0.717) is 0 Å². The first-order valence-corrected chi connectivity index (χ1v) is 7.40. The van der Waals surface area contributed by atoms with Gasteiger partial charge < -0.3 is 4.90 Å². The van der Waals surface area contributed by atoms with Crippen LogP contribution in [0.4, 0.5) is 11.4 Å². The summed E-state index contributed by atoms with van der Waals surface area (Å²) in [5.74, 6) is 0. The molecule has 0 aromatic heterocycles. The van der Waals surface area contributed by atoms with Gasteiger partial charge in [-0.1, -0.05) is 13.8 Å². The van der Waals surface area contributed by atoms with Gasteiger partial charge in [0.2, 0.25) is 0 Å². The van der Waals surface area contributed by atoms with Crippen LogP contribution in [0.15, 0.2) is 18.2 Å². The van der Waals surface area contributed by atoms with E-state index >= 15 is 0 Å². The fraction of sp³-hybridized carbons (Fsp3) is 0.600. The Kier molecular flexibility index (Phi) is 4.95. The van der Waals surface area contributed by atoms with Gasteiger partial charge in [0.1, 0.15) is 0 Å².